The summed E-state index contributed by atoms with van der Waals surface area (Å²) >= 11 is 0. The Labute approximate surface area is 171 Å². The fourth-order valence-electron chi connectivity index (χ4n) is 4.00. The van der Waals surface area contributed by atoms with Crippen molar-refractivity contribution >= 4 is 0 Å². The minimum absolute atomic E-state index is 0.0267. The van der Waals surface area contributed by atoms with Gasteiger partial charge in [0.2, 0.25) is 0 Å². The summed E-state index contributed by atoms with van der Waals surface area (Å²) in [7, 11) is 0. The van der Waals surface area contributed by atoms with Gasteiger partial charge in [0.15, 0.2) is 11.6 Å². The largest absolute Gasteiger partial charge is 0.381 e. The molecule has 2 aliphatic heterocycles. The molecule has 2 saturated heterocycles. The van der Waals surface area contributed by atoms with E-state index < -0.39 is 11.6 Å². The molecular formula is C22H41NO5. The van der Waals surface area contributed by atoms with Crippen LogP contribution in [0, 0.1) is 0 Å². The van der Waals surface area contributed by atoms with Crippen LogP contribution >= 0.6 is 0 Å². The molecule has 6 nitrogen and oxygen atoms in total. The smallest absolute Gasteiger partial charge is 0.163 e. The normalized spacial score (nSPS) is 32.4. The van der Waals surface area contributed by atoms with E-state index in [0.717, 1.165) is 31.4 Å². The van der Waals surface area contributed by atoms with Crippen LogP contribution in [0.4, 0.5) is 0 Å². The van der Waals surface area contributed by atoms with Crippen LogP contribution in [0.1, 0.15) is 74.1 Å². The first-order valence-corrected chi connectivity index (χ1v) is 10.8. The van der Waals surface area contributed by atoms with Gasteiger partial charge in [-0.05, 0) is 47.0 Å². The van der Waals surface area contributed by atoms with Crippen LogP contribution in [0.25, 0.3) is 0 Å². The molecule has 0 aromatic carbocycles. The van der Waals surface area contributed by atoms with Gasteiger partial charge in [0, 0.05) is 5.70 Å². The molecule has 28 heavy (non-hydrogen) atoms. The summed E-state index contributed by atoms with van der Waals surface area (Å²) in [6.45, 7) is 19.3. The van der Waals surface area contributed by atoms with Crippen LogP contribution in [0.15, 0.2) is 12.3 Å². The topological polar surface area (TPSA) is 58.2 Å². The van der Waals surface area contributed by atoms with E-state index in [1.165, 1.54) is 0 Å². The lowest BCUT2D eigenvalue weighted by Crippen LogP contribution is -2.48. The molecular weight excluding hydrogens is 358 g/mol. The lowest BCUT2D eigenvalue weighted by Gasteiger charge is -2.29. The number of rotatable bonds is 11. The highest BCUT2D eigenvalue weighted by molar-refractivity contribution is 4.99. The molecule has 2 rings (SSSR count). The first kappa shape index (κ1) is 23.6. The van der Waals surface area contributed by atoms with Crippen LogP contribution in [0.3, 0.4) is 0 Å². The van der Waals surface area contributed by atoms with Crippen molar-refractivity contribution in [3.8, 4) is 0 Å². The predicted molar refractivity (Wildman–Crippen MR) is 110 cm³/mol. The predicted octanol–water partition coefficient (Wildman–Crippen LogP) is 4.14. The van der Waals surface area contributed by atoms with E-state index in [0.29, 0.717) is 13.2 Å². The summed E-state index contributed by atoms with van der Waals surface area (Å²) in [6.07, 6.45) is 3.72. The van der Waals surface area contributed by atoms with Crippen molar-refractivity contribution in [3.05, 3.63) is 12.3 Å². The number of nitrogens with one attached hydrogen (secondary N) is 1. The Balaban J connectivity index is 2.00. The molecule has 0 aromatic rings. The van der Waals surface area contributed by atoms with Gasteiger partial charge in [-0.3, -0.25) is 0 Å². The van der Waals surface area contributed by atoms with Crippen LogP contribution in [-0.4, -0.2) is 55.2 Å². The molecule has 0 spiro atoms. The monoisotopic (exact) mass is 399 g/mol. The SMILES string of the molecule is C=C(CC)N[C@@H](COC[C@@H]1OC(C)(C)O[C@H]1CC)[C@@H]1OC(C)(C)O[C@@H]1CCC. The molecule has 0 aromatic heterocycles. The maximum atomic E-state index is 6.26. The Morgan fingerprint density at radius 1 is 0.964 bits per heavy atom. The van der Waals surface area contributed by atoms with E-state index in [4.69, 9.17) is 23.7 Å². The Hall–Kier alpha value is -0.660. The Bertz CT molecular complexity index is 507. The average Bonchev–Trinajstić information content (AvgIpc) is 3.08. The Morgan fingerprint density at radius 2 is 1.57 bits per heavy atom. The molecule has 0 unspecified atom stereocenters. The molecule has 0 amide bonds. The summed E-state index contributed by atoms with van der Waals surface area (Å²) < 4.78 is 30.5. The van der Waals surface area contributed by atoms with Crippen molar-refractivity contribution in [2.75, 3.05) is 13.2 Å². The summed E-state index contributed by atoms with van der Waals surface area (Å²) in [6, 6.07) is -0.0267. The highest BCUT2D eigenvalue weighted by Gasteiger charge is 2.45. The fraction of sp³-hybridized carbons (Fsp3) is 0.909. The van der Waals surface area contributed by atoms with Crippen LogP contribution < -0.4 is 5.32 Å². The number of hydrogen-bond donors (Lipinski definition) is 1. The van der Waals surface area contributed by atoms with Gasteiger partial charge in [-0.2, -0.15) is 0 Å². The first-order valence-electron chi connectivity index (χ1n) is 10.8. The van der Waals surface area contributed by atoms with E-state index in [2.05, 4.69) is 32.7 Å². The first-order chi connectivity index (χ1) is 13.1. The van der Waals surface area contributed by atoms with Gasteiger partial charge >= 0.3 is 0 Å². The second-order valence-electron chi connectivity index (χ2n) is 8.79. The molecule has 2 fully saturated rings. The molecule has 2 heterocycles. The molecule has 2 aliphatic rings. The third-order valence-corrected chi connectivity index (χ3v) is 5.27. The number of ether oxygens (including phenoxy) is 5. The van der Waals surface area contributed by atoms with Crippen LogP contribution in [-0.2, 0) is 23.7 Å². The molecule has 0 aliphatic carbocycles. The molecule has 0 bridgehead atoms. The van der Waals surface area contributed by atoms with Crippen molar-refractivity contribution in [1.29, 1.82) is 0 Å². The van der Waals surface area contributed by atoms with Gasteiger partial charge in [0.05, 0.1) is 31.5 Å². The molecule has 1 N–H and O–H groups in total. The summed E-state index contributed by atoms with van der Waals surface area (Å²) in [5.41, 5.74) is 0.977. The molecule has 5 atom stereocenters. The second-order valence-corrected chi connectivity index (χ2v) is 8.79. The van der Waals surface area contributed by atoms with Crippen molar-refractivity contribution in [1.82, 2.24) is 5.32 Å². The maximum Gasteiger partial charge on any atom is 0.163 e. The maximum absolute atomic E-state index is 6.26. The number of allylic oxidation sites excluding steroid dienone is 1. The van der Waals surface area contributed by atoms with Gasteiger partial charge in [-0.1, -0.05) is 33.8 Å². The van der Waals surface area contributed by atoms with Gasteiger partial charge in [0.25, 0.3) is 0 Å². The van der Waals surface area contributed by atoms with Crippen molar-refractivity contribution in [2.24, 2.45) is 0 Å². The minimum atomic E-state index is -0.586. The van der Waals surface area contributed by atoms with E-state index in [1.807, 2.05) is 27.7 Å². The summed E-state index contributed by atoms with van der Waals surface area (Å²) in [5.74, 6) is -1.14. The standard InChI is InChI=1S/C22H41NO5/c1-9-12-18-20(28-22(7,8)26-18)16(23-15(4)10-2)13-24-14-19-17(11-3)25-21(5,6)27-19/h16-20,23H,4,9-14H2,1-3,5-8H3/t16-,17-,18+,19-,20-/m0/s1. The third-order valence-electron chi connectivity index (χ3n) is 5.27. The van der Waals surface area contributed by atoms with Crippen LogP contribution in [0.2, 0.25) is 0 Å². The third kappa shape index (κ3) is 6.42. The van der Waals surface area contributed by atoms with E-state index >= 15 is 0 Å². The van der Waals surface area contributed by atoms with Crippen molar-refractivity contribution < 1.29 is 23.7 Å². The zero-order chi connectivity index (χ0) is 20.9. The molecule has 6 heteroatoms. The lowest BCUT2D eigenvalue weighted by molar-refractivity contribution is -0.155. The highest BCUT2D eigenvalue weighted by Crippen LogP contribution is 2.33. The Kier molecular flexibility index (Phi) is 8.35. The van der Waals surface area contributed by atoms with Gasteiger partial charge in [-0.25, -0.2) is 0 Å². The fourth-order valence-corrected chi connectivity index (χ4v) is 4.00. The average molecular weight is 400 g/mol. The van der Waals surface area contributed by atoms with Crippen molar-refractivity contribution in [3.63, 3.8) is 0 Å². The summed E-state index contributed by atoms with van der Waals surface area (Å²) in [5, 5.41) is 3.51. The second kappa shape index (κ2) is 9.90. The Morgan fingerprint density at radius 3 is 2.18 bits per heavy atom. The quantitative estimate of drug-likeness (QED) is 0.564. The van der Waals surface area contributed by atoms with E-state index in [-0.39, 0.29) is 30.5 Å². The van der Waals surface area contributed by atoms with Gasteiger partial charge in [0.1, 0.15) is 12.2 Å². The van der Waals surface area contributed by atoms with Gasteiger partial charge < -0.3 is 29.0 Å². The summed E-state index contributed by atoms with van der Waals surface area (Å²) in [4.78, 5) is 0. The van der Waals surface area contributed by atoms with E-state index in [9.17, 15) is 0 Å². The zero-order valence-corrected chi connectivity index (χ0v) is 18.9. The van der Waals surface area contributed by atoms with Crippen LogP contribution in [0.5, 0.6) is 0 Å². The van der Waals surface area contributed by atoms with E-state index in [1.54, 1.807) is 0 Å². The molecule has 0 saturated carbocycles. The van der Waals surface area contributed by atoms with Gasteiger partial charge in [-0.15, -0.1) is 0 Å². The zero-order valence-electron chi connectivity index (χ0n) is 18.9. The highest BCUT2D eigenvalue weighted by atomic mass is 16.8. The van der Waals surface area contributed by atoms with Crippen molar-refractivity contribution in [2.45, 2.75) is 116 Å². The molecule has 0 radical (unpaired) electrons. The molecule has 164 valence electrons. The lowest BCUT2D eigenvalue weighted by atomic mass is 10.0. The minimum Gasteiger partial charge on any atom is -0.381 e. The number of hydrogen-bond acceptors (Lipinski definition) is 6.